The van der Waals surface area contributed by atoms with E-state index in [2.05, 4.69) is 20.7 Å². The summed E-state index contributed by atoms with van der Waals surface area (Å²) < 4.78 is 4.97. The number of β-amino-alcohol motifs (C(OH)–C–C–N with tert-alkyl or cyclic N) is 1. The van der Waals surface area contributed by atoms with Gasteiger partial charge in [0.15, 0.2) is 5.60 Å². The summed E-state index contributed by atoms with van der Waals surface area (Å²) in [5.41, 5.74) is -1.30. The number of anilines is 1. The minimum absolute atomic E-state index is 0.234. The van der Waals surface area contributed by atoms with Crippen LogP contribution in [0.2, 0.25) is 0 Å². The molecule has 0 aromatic heterocycles. The fraction of sp³-hybridized carbons (Fsp3) is 0.308. The number of ketones is 1. The van der Waals surface area contributed by atoms with Crippen LogP contribution in [0.3, 0.4) is 0 Å². The average molecular weight is 342 g/mol. The third-order valence-corrected chi connectivity index (χ3v) is 3.70. The first-order valence-corrected chi connectivity index (χ1v) is 6.54. The van der Waals surface area contributed by atoms with Gasteiger partial charge in [-0.25, -0.2) is 4.79 Å². The normalized spacial score (nSPS) is 16.9. The largest absolute Gasteiger partial charge is 0.467 e. The van der Waals surface area contributed by atoms with E-state index in [0.717, 1.165) is 12.0 Å². The first kappa shape index (κ1) is 14.7. The SMILES string of the molecule is COC(=O)C(C)(O)CN1C(=O)C(=O)c2c(Br)cccc21. The number of nitrogens with zero attached hydrogens (tertiary/aromatic N) is 1. The summed E-state index contributed by atoms with van der Waals surface area (Å²) in [5.74, 6) is -2.33. The van der Waals surface area contributed by atoms with Crippen molar-refractivity contribution in [2.24, 2.45) is 0 Å². The molecule has 1 aliphatic heterocycles. The minimum Gasteiger partial charge on any atom is -0.467 e. The Hall–Kier alpha value is -1.73. The number of esters is 1. The van der Waals surface area contributed by atoms with Crippen LogP contribution in [0.15, 0.2) is 22.7 Å². The maximum Gasteiger partial charge on any atom is 0.339 e. The summed E-state index contributed by atoms with van der Waals surface area (Å²) in [6, 6.07) is 4.89. The van der Waals surface area contributed by atoms with Gasteiger partial charge in [-0.2, -0.15) is 0 Å². The van der Waals surface area contributed by atoms with Crippen molar-refractivity contribution in [3.05, 3.63) is 28.2 Å². The van der Waals surface area contributed by atoms with Gasteiger partial charge in [-0.15, -0.1) is 0 Å². The lowest BCUT2D eigenvalue weighted by atomic mass is 10.1. The van der Waals surface area contributed by atoms with E-state index in [-0.39, 0.29) is 12.1 Å². The number of amides is 1. The van der Waals surface area contributed by atoms with E-state index in [1.165, 1.54) is 6.92 Å². The Morgan fingerprint density at radius 1 is 1.45 bits per heavy atom. The second kappa shape index (κ2) is 4.99. The first-order valence-electron chi connectivity index (χ1n) is 5.75. The third kappa shape index (κ3) is 2.23. The Balaban J connectivity index is 2.41. The molecule has 1 aromatic rings. The smallest absolute Gasteiger partial charge is 0.339 e. The molecule has 0 aliphatic carbocycles. The van der Waals surface area contributed by atoms with Crippen LogP contribution in [0.1, 0.15) is 17.3 Å². The number of hydrogen-bond donors (Lipinski definition) is 1. The number of carbonyl (C=O) groups excluding carboxylic acids is 3. The van der Waals surface area contributed by atoms with E-state index in [0.29, 0.717) is 10.2 Å². The van der Waals surface area contributed by atoms with Crippen molar-refractivity contribution in [1.82, 2.24) is 0 Å². The topological polar surface area (TPSA) is 83.9 Å². The van der Waals surface area contributed by atoms with Gasteiger partial charge in [-0.1, -0.05) is 6.07 Å². The van der Waals surface area contributed by atoms with Crippen molar-refractivity contribution >= 4 is 39.3 Å². The zero-order valence-corrected chi connectivity index (χ0v) is 12.4. The quantitative estimate of drug-likeness (QED) is 0.652. The van der Waals surface area contributed by atoms with Gasteiger partial charge >= 0.3 is 5.97 Å². The van der Waals surface area contributed by atoms with E-state index >= 15 is 0 Å². The molecule has 106 valence electrons. The maximum absolute atomic E-state index is 12.0. The van der Waals surface area contributed by atoms with Crippen LogP contribution in [0.4, 0.5) is 5.69 Å². The lowest BCUT2D eigenvalue weighted by molar-refractivity contribution is -0.159. The molecule has 1 unspecified atom stereocenters. The van der Waals surface area contributed by atoms with Crippen molar-refractivity contribution in [2.45, 2.75) is 12.5 Å². The number of benzene rings is 1. The lowest BCUT2D eigenvalue weighted by Crippen LogP contribution is -2.49. The molecule has 1 aromatic carbocycles. The number of rotatable bonds is 3. The number of methoxy groups -OCH3 is 1. The van der Waals surface area contributed by atoms with Crippen molar-refractivity contribution in [1.29, 1.82) is 0 Å². The van der Waals surface area contributed by atoms with Gasteiger partial charge in [0.05, 0.1) is 24.9 Å². The maximum atomic E-state index is 12.0. The molecule has 1 N–H and O–H groups in total. The molecular formula is C13H12BrNO5. The lowest BCUT2D eigenvalue weighted by Gasteiger charge is -2.26. The Morgan fingerprint density at radius 3 is 2.70 bits per heavy atom. The number of Topliss-reactive ketones (excluding diaryl/α,β-unsaturated/α-hetero) is 1. The average Bonchev–Trinajstić information content (AvgIpc) is 2.64. The molecule has 20 heavy (non-hydrogen) atoms. The highest BCUT2D eigenvalue weighted by molar-refractivity contribution is 9.10. The summed E-state index contributed by atoms with van der Waals surface area (Å²) in [7, 11) is 1.14. The molecule has 0 radical (unpaired) electrons. The van der Waals surface area contributed by atoms with Crippen molar-refractivity contribution < 1.29 is 24.2 Å². The highest BCUT2D eigenvalue weighted by Gasteiger charge is 2.43. The summed E-state index contributed by atoms with van der Waals surface area (Å²) >= 11 is 3.21. The fourth-order valence-electron chi connectivity index (χ4n) is 2.05. The van der Waals surface area contributed by atoms with Crippen LogP contribution in [0.25, 0.3) is 0 Å². The molecule has 0 saturated heterocycles. The van der Waals surface area contributed by atoms with Gasteiger partial charge < -0.3 is 14.7 Å². The summed E-state index contributed by atoms with van der Waals surface area (Å²) in [6.07, 6.45) is 0. The number of halogens is 1. The molecule has 1 heterocycles. The number of ether oxygens (including phenoxy) is 1. The van der Waals surface area contributed by atoms with Crippen molar-refractivity contribution in [3.63, 3.8) is 0 Å². The van der Waals surface area contributed by atoms with Crippen LogP contribution < -0.4 is 4.90 Å². The van der Waals surface area contributed by atoms with Crippen LogP contribution in [0, 0.1) is 0 Å². The number of aliphatic hydroxyl groups is 1. The van der Waals surface area contributed by atoms with Gasteiger partial charge in [-0.3, -0.25) is 9.59 Å². The van der Waals surface area contributed by atoms with Gasteiger partial charge in [0, 0.05) is 4.47 Å². The van der Waals surface area contributed by atoms with Gasteiger partial charge in [0.1, 0.15) is 0 Å². The monoisotopic (exact) mass is 341 g/mol. The molecular weight excluding hydrogens is 330 g/mol. The molecule has 7 heteroatoms. The first-order chi connectivity index (χ1) is 9.29. The molecule has 1 atom stereocenters. The predicted octanol–water partition coefficient (Wildman–Crippen LogP) is 0.902. The van der Waals surface area contributed by atoms with Crippen LogP contribution in [-0.4, -0.2) is 42.0 Å². The van der Waals surface area contributed by atoms with E-state index in [4.69, 9.17) is 0 Å². The fourth-order valence-corrected chi connectivity index (χ4v) is 2.59. The zero-order valence-electron chi connectivity index (χ0n) is 10.8. The van der Waals surface area contributed by atoms with Gasteiger partial charge in [-0.05, 0) is 35.0 Å². The van der Waals surface area contributed by atoms with E-state index in [9.17, 15) is 19.5 Å². The highest BCUT2D eigenvalue weighted by atomic mass is 79.9. The molecule has 0 saturated carbocycles. The van der Waals surface area contributed by atoms with Gasteiger partial charge in [0.25, 0.3) is 11.7 Å². The van der Waals surface area contributed by atoms with Crippen molar-refractivity contribution in [2.75, 3.05) is 18.6 Å². The molecule has 1 amide bonds. The Bertz CT molecular complexity index is 611. The number of hydrogen-bond acceptors (Lipinski definition) is 5. The van der Waals surface area contributed by atoms with E-state index < -0.39 is 23.3 Å². The van der Waals surface area contributed by atoms with Crippen LogP contribution >= 0.6 is 15.9 Å². The summed E-state index contributed by atoms with van der Waals surface area (Å²) in [4.78, 5) is 36.5. The Morgan fingerprint density at radius 2 is 2.10 bits per heavy atom. The molecule has 0 bridgehead atoms. The second-order valence-corrected chi connectivity index (χ2v) is 5.47. The highest BCUT2D eigenvalue weighted by Crippen LogP contribution is 2.35. The molecule has 0 spiro atoms. The van der Waals surface area contributed by atoms with E-state index in [1.54, 1.807) is 18.2 Å². The number of fused-ring (bicyclic) bond motifs is 1. The summed E-state index contributed by atoms with van der Waals surface area (Å²) in [6.45, 7) is 0.875. The standard InChI is InChI=1S/C13H12BrNO5/c1-13(19,12(18)20-2)6-15-8-5-3-4-7(14)9(8)10(16)11(15)17/h3-5,19H,6H2,1-2H3. The van der Waals surface area contributed by atoms with Crippen LogP contribution in [-0.2, 0) is 14.3 Å². The predicted molar refractivity (Wildman–Crippen MR) is 73.5 cm³/mol. The molecule has 1 aliphatic rings. The minimum atomic E-state index is -1.89. The van der Waals surface area contributed by atoms with Gasteiger partial charge in [0.2, 0.25) is 0 Å². The summed E-state index contributed by atoms with van der Waals surface area (Å²) in [5, 5.41) is 10.1. The van der Waals surface area contributed by atoms with Crippen molar-refractivity contribution in [3.8, 4) is 0 Å². The van der Waals surface area contributed by atoms with E-state index in [1.807, 2.05) is 0 Å². The molecule has 2 rings (SSSR count). The Kier molecular flexibility index (Phi) is 3.66. The molecule has 6 nitrogen and oxygen atoms in total. The molecule has 0 fully saturated rings. The Labute approximate surface area is 123 Å². The van der Waals surface area contributed by atoms with Crippen LogP contribution in [0.5, 0.6) is 0 Å². The zero-order chi connectivity index (χ0) is 15.1. The second-order valence-electron chi connectivity index (χ2n) is 4.62. The number of carbonyl (C=O) groups is 3. The third-order valence-electron chi connectivity index (χ3n) is 3.04.